The van der Waals surface area contributed by atoms with Gasteiger partial charge in [-0.2, -0.15) is 0 Å². The quantitative estimate of drug-likeness (QED) is 0.480. The summed E-state index contributed by atoms with van der Waals surface area (Å²) in [7, 11) is 0. The molecule has 0 aromatic heterocycles. The summed E-state index contributed by atoms with van der Waals surface area (Å²) in [5.74, 6) is 0. The summed E-state index contributed by atoms with van der Waals surface area (Å²) in [6, 6.07) is 0. The van der Waals surface area contributed by atoms with Gasteiger partial charge in [-0.25, -0.2) is 0 Å². The first-order chi connectivity index (χ1) is 0. The number of hydrogen-bond acceptors (Lipinski definition) is 1. The summed E-state index contributed by atoms with van der Waals surface area (Å²) in [4.78, 5) is 0. The van der Waals surface area contributed by atoms with Crippen LogP contribution in [0.4, 0.5) is 0 Å². The molecule has 1 N–H and O–H groups in total. The molecule has 0 bridgehead atoms. The van der Waals surface area contributed by atoms with Gasteiger partial charge in [0.1, 0.15) is 0 Å². The first-order valence-electron chi connectivity index (χ1n) is 0. The van der Waals surface area contributed by atoms with E-state index in [0.717, 1.165) is 0 Å². The van der Waals surface area contributed by atoms with Crippen LogP contribution in [0.1, 0.15) is 0 Å². The minimum absolute atomic E-state index is 0. The van der Waals surface area contributed by atoms with Gasteiger partial charge in [0.25, 0.3) is 0 Å². The Morgan fingerprint density at radius 2 is 1.00 bits per heavy atom. The fourth-order valence-corrected chi connectivity index (χ4v) is 0. The van der Waals surface area contributed by atoms with E-state index in [1.165, 1.54) is 0 Å². The van der Waals surface area contributed by atoms with Crippen LogP contribution < -0.4 is 0 Å². The summed E-state index contributed by atoms with van der Waals surface area (Å²) < 4.78 is 0. The third-order valence-electron chi connectivity index (χ3n) is 0. The van der Waals surface area contributed by atoms with E-state index in [4.69, 9.17) is 0 Å². The van der Waals surface area contributed by atoms with Crippen molar-refractivity contribution >= 4 is 50.4 Å². The Labute approximate surface area is 77.0 Å². The zero-order chi connectivity index (χ0) is 0. The van der Waals surface area contributed by atoms with Gasteiger partial charge in [-0.1, -0.05) is 0 Å². The van der Waals surface area contributed by atoms with Crippen LogP contribution in [0.15, 0.2) is 0 Å². The van der Waals surface area contributed by atoms with Crippen LogP contribution in [-0.2, 0) is 22.4 Å². The summed E-state index contributed by atoms with van der Waals surface area (Å²) in [5, 5.41) is 0. The molecule has 0 aliphatic rings. The van der Waals surface area contributed by atoms with E-state index < -0.39 is 0 Å². The van der Waals surface area contributed by atoms with Gasteiger partial charge in [-0.05, 0) is 0 Å². The van der Waals surface area contributed by atoms with Gasteiger partial charge in [-0.3, -0.25) is 0 Å². The Bertz CT molecular complexity index is 8.00. The second-order valence-electron chi connectivity index (χ2n) is 0. The zero-order valence-corrected chi connectivity index (χ0v) is 12.3. The van der Waals surface area contributed by atoms with Crippen LogP contribution >= 0.6 is 0 Å². The van der Waals surface area contributed by atoms with Gasteiger partial charge in [0, 0.05) is 22.4 Å². The third kappa shape index (κ3) is 8.83. The van der Waals surface area contributed by atoms with Crippen molar-refractivity contribution in [3.63, 3.8) is 0 Å². The van der Waals surface area contributed by atoms with Gasteiger partial charge in [0.05, 0.1) is 0 Å². The second kappa shape index (κ2) is 18.2. The van der Waals surface area contributed by atoms with Gasteiger partial charge in [0.15, 0.2) is 0 Å². The molecule has 1 nitrogen and oxygen atoms in total. The normalized spacial score (nSPS) is 0. The molecule has 0 saturated heterocycles. The van der Waals surface area contributed by atoms with Crippen LogP contribution in [0.2, 0.25) is 0 Å². The standard InChI is InChI=1S/Mg.Nb.H2O.Pb.3H/h;;1H2;;;;/q+1;;;;;;/p-1. The van der Waals surface area contributed by atoms with Crippen molar-refractivity contribution in [3.05, 3.63) is 0 Å². The average Bonchev–Trinajstić information content (AvgIpc) is 0. The summed E-state index contributed by atoms with van der Waals surface area (Å²) >= 11 is 0. The Hall–Kier alpha value is 2.39. The monoisotopic (exact) mass is 345 g/mol. The summed E-state index contributed by atoms with van der Waals surface area (Å²) in [6.07, 6.45) is 0. The van der Waals surface area contributed by atoms with Crippen molar-refractivity contribution in [1.29, 1.82) is 0 Å². The average molecular weight is 344 g/mol. The van der Waals surface area contributed by atoms with E-state index >= 15 is 0 Å². The molecule has 0 heterocycles. The molecule has 4 heteroatoms. The zero-order valence-electron chi connectivity index (χ0n) is 2.60. The number of hydrogen-bond donors (Lipinski definition) is 0. The molecule has 0 amide bonds. The Balaban J connectivity index is 0. The summed E-state index contributed by atoms with van der Waals surface area (Å²) in [6.45, 7) is 0. The molecule has 0 saturated carbocycles. The molecular formula is H4MgNbOPb. The topological polar surface area (TPSA) is 30.0 Å². The molecule has 4 heavy (non-hydrogen) atoms. The molecule has 21 valence electrons. The molecule has 0 fully saturated rings. The molecule has 0 atom stereocenters. The second-order valence-corrected chi connectivity index (χ2v) is 0. The molecule has 0 unspecified atom stereocenters. The van der Waals surface area contributed by atoms with E-state index in [0.29, 0.717) is 0 Å². The van der Waals surface area contributed by atoms with Crippen LogP contribution in [-0.4, -0.2) is 55.8 Å². The molecule has 0 aromatic rings. The van der Waals surface area contributed by atoms with E-state index in [-0.39, 0.29) is 78.2 Å². The van der Waals surface area contributed by atoms with Crippen molar-refractivity contribution in [3.8, 4) is 0 Å². The molecule has 0 aliphatic heterocycles. The van der Waals surface area contributed by atoms with Crippen LogP contribution in [0.3, 0.4) is 0 Å². The van der Waals surface area contributed by atoms with Crippen molar-refractivity contribution in [2.75, 3.05) is 0 Å². The Morgan fingerprint density at radius 1 is 1.00 bits per heavy atom. The fourth-order valence-electron chi connectivity index (χ4n) is 0. The van der Waals surface area contributed by atoms with Crippen molar-refractivity contribution < 1.29 is 27.9 Å². The van der Waals surface area contributed by atoms with E-state index in [1.807, 2.05) is 0 Å². The molecule has 0 aliphatic carbocycles. The van der Waals surface area contributed by atoms with Crippen LogP contribution in [0, 0.1) is 0 Å². The Kier molecular flexibility index (Phi) is 148. The van der Waals surface area contributed by atoms with Crippen molar-refractivity contribution in [2.45, 2.75) is 0 Å². The molecule has 3 radical (unpaired) electrons. The van der Waals surface area contributed by atoms with E-state index in [1.54, 1.807) is 0 Å². The molecule has 0 aromatic carbocycles. The van der Waals surface area contributed by atoms with Gasteiger partial charge < -0.3 is 5.48 Å². The molecule has 0 rings (SSSR count). The summed E-state index contributed by atoms with van der Waals surface area (Å²) in [5.41, 5.74) is 0. The molecular weight excluding hydrogens is 340 g/mol. The molecule has 0 spiro atoms. The SMILES string of the molecule is [MgH+].[Nb].[OH-].[PbH2]. The van der Waals surface area contributed by atoms with Gasteiger partial charge in [-0.15, -0.1) is 0 Å². The van der Waals surface area contributed by atoms with Gasteiger partial charge in [0.2, 0.25) is 0 Å². The number of rotatable bonds is 0. The maximum absolute atomic E-state index is 0. The van der Waals surface area contributed by atoms with Crippen molar-refractivity contribution in [2.24, 2.45) is 0 Å². The first-order valence-corrected chi connectivity index (χ1v) is 0. The van der Waals surface area contributed by atoms with Crippen LogP contribution in [0.25, 0.3) is 0 Å². The maximum atomic E-state index is 0. The fraction of sp³-hybridized carbons (Fsp3) is 0. The predicted octanol–water partition coefficient (Wildman–Crippen LogP) is -1.74. The van der Waals surface area contributed by atoms with Crippen LogP contribution in [0.5, 0.6) is 0 Å². The third-order valence-corrected chi connectivity index (χ3v) is 0. The minimum atomic E-state index is 0. The predicted molar refractivity (Wildman–Crippen MR) is 17.6 cm³/mol. The first kappa shape index (κ1) is 32.5. The van der Waals surface area contributed by atoms with Gasteiger partial charge >= 0.3 is 50.4 Å². The van der Waals surface area contributed by atoms with E-state index in [9.17, 15) is 0 Å². The van der Waals surface area contributed by atoms with E-state index in [2.05, 4.69) is 0 Å². The Morgan fingerprint density at radius 3 is 1.00 bits per heavy atom. The van der Waals surface area contributed by atoms with Crippen molar-refractivity contribution in [1.82, 2.24) is 0 Å².